The van der Waals surface area contributed by atoms with E-state index in [0.717, 1.165) is 31.6 Å². The van der Waals surface area contributed by atoms with Gasteiger partial charge in [0.15, 0.2) is 5.76 Å². The first kappa shape index (κ1) is 19.0. The molecular formula is C22H24N4O3. The molecule has 2 heterocycles. The van der Waals surface area contributed by atoms with Crippen LogP contribution < -0.4 is 15.8 Å². The molecule has 150 valence electrons. The minimum absolute atomic E-state index is 0.170. The van der Waals surface area contributed by atoms with Crippen LogP contribution in [0.25, 0.3) is 11.0 Å². The summed E-state index contributed by atoms with van der Waals surface area (Å²) in [6.07, 6.45) is 0.325. The third-order valence-corrected chi connectivity index (χ3v) is 5.11. The van der Waals surface area contributed by atoms with Crippen molar-refractivity contribution in [2.45, 2.75) is 6.42 Å². The number of piperazine rings is 1. The third kappa shape index (κ3) is 4.75. The lowest BCUT2D eigenvalue weighted by molar-refractivity contribution is -0.122. The summed E-state index contributed by atoms with van der Waals surface area (Å²) >= 11 is 0. The Morgan fingerprint density at radius 3 is 2.38 bits per heavy atom. The quantitative estimate of drug-likeness (QED) is 0.652. The van der Waals surface area contributed by atoms with E-state index in [4.69, 9.17) is 4.42 Å². The van der Waals surface area contributed by atoms with E-state index in [1.165, 1.54) is 5.69 Å². The lowest BCUT2D eigenvalue weighted by Crippen LogP contribution is -2.48. The number of carbonyl (C=O) groups is 2. The van der Waals surface area contributed by atoms with Crippen molar-refractivity contribution in [2.75, 3.05) is 37.6 Å². The summed E-state index contributed by atoms with van der Waals surface area (Å²) in [5.41, 5.74) is 6.75. The molecular weight excluding hydrogens is 368 g/mol. The summed E-state index contributed by atoms with van der Waals surface area (Å²) in [5.74, 6) is -0.519. The summed E-state index contributed by atoms with van der Waals surface area (Å²) in [7, 11) is 0. The van der Waals surface area contributed by atoms with Gasteiger partial charge in [-0.3, -0.25) is 25.3 Å². The molecule has 0 spiro atoms. The summed E-state index contributed by atoms with van der Waals surface area (Å²) in [5, 5.41) is 0.846. The molecule has 3 aromatic rings. The van der Waals surface area contributed by atoms with E-state index in [0.29, 0.717) is 18.5 Å². The van der Waals surface area contributed by atoms with E-state index in [-0.39, 0.29) is 11.7 Å². The molecule has 2 N–H and O–H groups in total. The largest absolute Gasteiger partial charge is 0.451 e. The average Bonchev–Trinajstić information content (AvgIpc) is 3.21. The van der Waals surface area contributed by atoms with Gasteiger partial charge in [0.1, 0.15) is 5.58 Å². The topological polar surface area (TPSA) is 77.8 Å². The predicted molar refractivity (Wildman–Crippen MR) is 112 cm³/mol. The molecule has 0 radical (unpaired) electrons. The average molecular weight is 392 g/mol. The number of nitrogens with one attached hydrogen (secondary N) is 2. The fraction of sp³-hybridized carbons (Fsp3) is 0.273. The Morgan fingerprint density at radius 2 is 1.62 bits per heavy atom. The van der Waals surface area contributed by atoms with Gasteiger partial charge in [-0.2, -0.15) is 0 Å². The van der Waals surface area contributed by atoms with Gasteiger partial charge < -0.3 is 9.32 Å². The number of rotatable bonds is 5. The van der Waals surface area contributed by atoms with Gasteiger partial charge in [-0.1, -0.05) is 36.4 Å². The van der Waals surface area contributed by atoms with E-state index in [1.807, 2.05) is 36.4 Å². The molecule has 7 heteroatoms. The van der Waals surface area contributed by atoms with E-state index < -0.39 is 5.91 Å². The lowest BCUT2D eigenvalue weighted by Gasteiger charge is -2.36. The Hall–Kier alpha value is -3.32. The highest BCUT2D eigenvalue weighted by Gasteiger charge is 2.18. The van der Waals surface area contributed by atoms with Gasteiger partial charge in [0.2, 0.25) is 5.91 Å². The molecule has 1 saturated heterocycles. The van der Waals surface area contributed by atoms with Gasteiger partial charge in [-0.05, 0) is 24.3 Å². The molecule has 0 bridgehead atoms. The number of hydrogen-bond acceptors (Lipinski definition) is 5. The van der Waals surface area contributed by atoms with Crippen LogP contribution in [0.1, 0.15) is 17.0 Å². The van der Waals surface area contributed by atoms with E-state index in [1.54, 1.807) is 12.1 Å². The van der Waals surface area contributed by atoms with E-state index in [2.05, 4.69) is 32.8 Å². The molecule has 1 aliphatic heterocycles. The fourth-order valence-electron chi connectivity index (χ4n) is 3.47. The SMILES string of the molecule is O=C(CCN1CCN(c2ccccc2)CC1)NNC(=O)c1cc2ccccc2o1. The number of furan rings is 1. The van der Waals surface area contributed by atoms with Crippen LogP contribution >= 0.6 is 0 Å². The normalized spacial score (nSPS) is 14.7. The van der Waals surface area contributed by atoms with Crippen molar-refractivity contribution in [3.8, 4) is 0 Å². The molecule has 1 aromatic heterocycles. The van der Waals surface area contributed by atoms with Gasteiger partial charge >= 0.3 is 5.91 Å². The monoisotopic (exact) mass is 392 g/mol. The molecule has 0 atom stereocenters. The third-order valence-electron chi connectivity index (χ3n) is 5.11. The molecule has 1 aliphatic rings. The number of para-hydroxylation sites is 2. The van der Waals surface area contributed by atoms with Crippen LogP contribution in [-0.2, 0) is 4.79 Å². The van der Waals surface area contributed by atoms with Crippen LogP contribution in [0, 0.1) is 0 Å². The van der Waals surface area contributed by atoms with Crippen LogP contribution in [0.2, 0.25) is 0 Å². The molecule has 2 amide bonds. The van der Waals surface area contributed by atoms with Crippen molar-refractivity contribution in [1.29, 1.82) is 0 Å². The van der Waals surface area contributed by atoms with Crippen molar-refractivity contribution in [1.82, 2.24) is 15.8 Å². The molecule has 0 unspecified atom stereocenters. The highest BCUT2D eigenvalue weighted by Crippen LogP contribution is 2.18. The Bertz CT molecular complexity index is 945. The number of benzene rings is 2. The second-order valence-electron chi connectivity index (χ2n) is 7.07. The molecule has 4 rings (SSSR count). The van der Waals surface area contributed by atoms with Gasteiger partial charge in [-0.25, -0.2) is 0 Å². The van der Waals surface area contributed by atoms with Crippen LogP contribution in [0.3, 0.4) is 0 Å². The van der Waals surface area contributed by atoms with Gasteiger partial charge in [0.05, 0.1) is 0 Å². The smallest absolute Gasteiger partial charge is 0.305 e. The molecule has 0 aliphatic carbocycles. The Labute approximate surface area is 169 Å². The Kier molecular flexibility index (Phi) is 5.76. The number of hydrazine groups is 1. The molecule has 7 nitrogen and oxygen atoms in total. The van der Waals surface area contributed by atoms with Crippen LogP contribution in [0.5, 0.6) is 0 Å². The maximum Gasteiger partial charge on any atom is 0.305 e. The molecule has 0 saturated carbocycles. The zero-order chi connectivity index (χ0) is 20.1. The van der Waals surface area contributed by atoms with Crippen LogP contribution in [0.15, 0.2) is 65.1 Å². The second-order valence-corrected chi connectivity index (χ2v) is 7.07. The highest BCUT2D eigenvalue weighted by molar-refractivity contribution is 5.96. The van der Waals surface area contributed by atoms with Crippen LogP contribution in [-0.4, -0.2) is 49.4 Å². The molecule has 2 aromatic carbocycles. The fourth-order valence-corrected chi connectivity index (χ4v) is 3.47. The van der Waals surface area contributed by atoms with Crippen LogP contribution in [0.4, 0.5) is 5.69 Å². The zero-order valence-electron chi connectivity index (χ0n) is 16.1. The van der Waals surface area contributed by atoms with Crippen molar-refractivity contribution >= 4 is 28.5 Å². The highest BCUT2D eigenvalue weighted by atomic mass is 16.3. The van der Waals surface area contributed by atoms with E-state index in [9.17, 15) is 9.59 Å². The number of fused-ring (bicyclic) bond motifs is 1. The van der Waals surface area contributed by atoms with Gasteiger partial charge in [-0.15, -0.1) is 0 Å². The van der Waals surface area contributed by atoms with Gasteiger partial charge in [0.25, 0.3) is 0 Å². The van der Waals surface area contributed by atoms with Crippen molar-refractivity contribution in [3.63, 3.8) is 0 Å². The minimum atomic E-state index is -0.467. The number of hydrogen-bond donors (Lipinski definition) is 2. The number of nitrogens with zero attached hydrogens (tertiary/aromatic N) is 2. The standard InChI is InChI=1S/C22H24N4O3/c27-21(23-24-22(28)20-16-17-6-4-5-9-19(17)29-20)10-11-25-12-14-26(15-13-25)18-7-2-1-3-8-18/h1-9,16H,10-15H2,(H,23,27)(H,24,28). The first-order valence-corrected chi connectivity index (χ1v) is 9.79. The van der Waals surface area contributed by atoms with Crippen molar-refractivity contribution in [3.05, 3.63) is 66.4 Å². The predicted octanol–water partition coefficient (Wildman–Crippen LogP) is 2.41. The molecule has 1 fully saturated rings. The second kappa shape index (κ2) is 8.79. The number of carbonyl (C=O) groups excluding carboxylic acids is 2. The summed E-state index contributed by atoms with van der Waals surface area (Å²) in [6.45, 7) is 4.36. The molecule has 29 heavy (non-hydrogen) atoms. The maximum atomic E-state index is 12.2. The maximum absolute atomic E-state index is 12.2. The first-order chi connectivity index (χ1) is 14.2. The number of amides is 2. The minimum Gasteiger partial charge on any atom is -0.451 e. The summed E-state index contributed by atoms with van der Waals surface area (Å²) < 4.78 is 5.49. The lowest BCUT2D eigenvalue weighted by atomic mass is 10.2. The zero-order valence-corrected chi connectivity index (χ0v) is 16.1. The van der Waals surface area contributed by atoms with Crippen molar-refractivity contribution in [2.24, 2.45) is 0 Å². The van der Waals surface area contributed by atoms with E-state index >= 15 is 0 Å². The van der Waals surface area contributed by atoms with Gasteiger partial charge in [0, 0.05) is 50.2 Å². The summed E-state index contributed by atoms with van der Waals surface area (Å²) in [6, 6.07) is 19.4. The Morgan fingerprint density at radius 1 is 0.897 bits per heavy atom. The first-order valence-electron chi connectivity index (χ1n) is 9.79. The van der Waals surface area contributed by atoms with Crippen molar-refractivity contribution < 1.29 is 14.0 Å². The Balaban J connectivity index is 1.18. The number of anilines is 1. The summed E-state index contributed by atoms with van der Waals surface area (Å²) in [4.78, 5) is 28.9.